The maximum absolute atomic E-state index is 11.9. The van der Waals surface area contributed by atoms with Gasteiger partial charge in [0.1, 0.15) is 0 Å². The lowest BCUT2D eigenvalue weighted by molar-refractivity contribution is 0.422. The van der Waals surface area contributed by atoms with E-state index >= 15 is 0 Å². The van der Waals surface area contributed by atoms with Crippen LogP contribution in [0.5, 0.6) is 0 Å². The monoisotopic (exact) mass is 322 g/mol. The Morgan fingerprint density at radius 1 is 1.42 bits per heavy atom. The first-order chi connectivity index (χ1) is 9.05. The number of sulfonamides is 1. The molecule has 2 N–H and O–H groups in total. The topological polar surface area (TPSA) is 58.2 Å². The molecule has 1 atom stereocenters. The molecule has 2 rings (SSSR count). The standard InChI is InChI=1S/C12H19ClN2O2S2/c13-12-5-4-11(18-12)6-8-15-19(16,17)9-10-3-1-2-7-14-10/h4-5,10,14-15H,1-3,6-9H2. The molecule has 1 aromatic rings. The summed E-state index contributed by atoms with van der Waals surface area (Å²) >= 11 is 7.32. The second kappa shape index (κ2) is 7.04. The van der Waals surface area contributed by atoms with E-state index in [0.717, 1.165) is 35.0 Å². The number of piperidine rings is 1. The summed E-state index contributed by atoms with van der Waals surface area (Å²) in [7, 11) is -3.19. The van der Waals surface area contributed by atoms with Crippen molar-refractivity contribution in [2.45, 2.75) is 31.7 Å². The molecule has 7 heteroatoms. The molecule has 4 nitrogen and oxygen atoms in total. The number of hydrogen-bond donors (Lipinski definition) is 2. The van der Waals surface area contributed by atoms with Crippen molar-refractivity contribution in [3.8, 4) is 0 Å². The van der Waals surface area contributed by atoms with Gasteiger partial charge in [-0.2, -0.15) is 0 Å². The highest BCUT2D eigenvalue weighted by Gasteiger charge is 2.20. The summed E-state index contributed by atoms with van der Waals surface area (Å²) in [6.45, 7) is 1.36. The average molecular weight is 323 g/mol. The molecule has 2 heterocycles. The van der Waals surface area contributed by atoms with E-state index in [9.17, 15) is 8.42 Å². The van der Waals surface area contributed by atoms with Crippen molar-refractivity contribution in [2.24, 2.45) is 0 Å². The summed E-state index contributed by atoms with van der Waals surface area (Å²) in [5, 5.41) is 3.25. The summed E-state index contributed by atoms with van der Waals surface area (Å²) in [5.41, 5.74) is 0. The highest BCUT2D eigenvalue weighted by Crippen LogP contribution is 2.21. The number of thiophene rings is 1. The Morgan fingerprint density at radius 2 is 2.26 bits per heavy atom. The Hall–Kier alpha value is -0.140. The van der Waals surface area contributed by atoms with Crippen molar-refractivity contribution < 1.29 is 8.42 Å². The predicted molar refractivity (Wildman–Crippen MR) is 80.5 cm³/mol. The van der Waals surface area contributed by atoms with Gasteiger partial charge in [-0.3, -0.25) is 0 Å². The number of hydrogen-bond acceptors (Lipinski definition) is 4. The summed E-state index contributed by atoms with van der Waals surface area (Å²) in [6, 6.07) is 3.87. The summed E-state index contributed by atoms with van der Waals surface area (Å²) in [4.78, 5) is 1.10. The molecule has 108 valence electrons. The Balaban J connectivity index is 1.74. The highest BCUT2D eigenvalue weighted by molar-refractivity contribution is 7.89. The minimum absolute atomic E-state index is 0.0995. The number of rotatable bonds is 6. The zero-order chi connectivity index (χ0) is 13.7. The van der Waals surface area contributed by atoms with Gasteiger partial charge in [-0.1, -0.05) is 18.0 Å². The van der Waals surface area contributed by atoms with Crippen LogP contribution in [-0.4, -0.2) is 33.3 Å². The maximum Gasteiger partial charge on any atom is 0.213 e. The number of halogens is 1. The third kappa shape index (κ3) is 5.39. The van der Waals surface area contributed by atoms with Crippen LogP contribution >= 0.6 is 22.9 Å². The van der Waals surface area contributed by atoms with Gasteiger partial charge in [0, 0.05) is 17.5 Å². The van der Waals surface area contributed by atoms with Crippen molar-refractivity contribution in [3.63, 3.8) is 0 Å². The Bertz CT molecular complexity index is 496. The van der Waals surface area contributed by atoms with Gasteiger partial charge in [-0.25, -0.2) is 13.1 Å². The first-order valence-corrected chi connectivity index (χ1v) is 9.35. The van der Waals surface area contributed by atoms with Crippen LogP contribution in [0.4, 0.5) is 0 Å². The van der Waals surface area contributed by atoms with E-state index in [1.807, 2.05) is 12.1 Å². The van der Waals surface area contributed by atoms with E-state index in [0.29, 0.717) is 13.0 Å². The molecule has 1 saturated heterocycles. The molecular weight excluding hydrogens is 304 g/mol. The van der Waals surface area contributed by atoms with Crippen molar-refractivity contribution in [2.75, 3.05) is 18.8 Å². The van der Waals surface area contributed by atoms with Gasteiger partial charge in [0.25, 0.3) is 0 Å². The van der Waals surface area contributed by atoms with E-state index in [-0.39, 0.29) is 11.8 Å². The molecule has 1 unspecified atom stereocenters. The summed E-state index contributed by atoms with van der Waals surface area (Å²) < 4.78 is 27.2. The van der Waals surface area contributed by atoms with Crippen LogP contribution in [0, 0.1) is 0 Å². The van der Waals surface area contributed by atoms with Crippen molar-refractivity contribution in [3.05, 3.63) is 21.3 Å². The Kier molecular flexibility index (Phi) is 5.65. The molecule has 1 aromatic heterocycles. The third-order valence-electron chi connectivity index (χ3n) is 3.16. The number of nitrogens with one attached hydrogen (secondary N) is 2. The SMILES string of the molecule is O=S(=O)(CC1CCCCN1)NCCc1ccc(Cl)s1. The van der Waals surface area contributed by atoms with Crippen LogP contribution in [0.25, 0.3) is 0 Å². The van der Waals surface area contributed by atoms with Gasteiger partial charge in [0.2, 0.25) is 10.0 Å². The first-order valence-electron chi connectivity index (χ1n) is 6.50. The van der Waals surface area contributed by atoms with Gasteiger partial charge in [-0.15, -0.1) is 11.3 Å². The predicted octanol–water partition coefficient (Wildman–Crippen LogP) is 2.01. The van der Waals surface area contributed by atoms with E-state index < -0.39 is 10.0 Å². The van der Waals surface area contributed by atoms with E-state index in [4.69, 9.17) is 11.6 Å². The fourth-order valence-electron chi connectivity index (χ4n) is 2.21. The summed E-state index contributed by atoms with van der Waals surface area (Å²) in [5.74, 6) is 0.179. The maximum atomic E-state index is 11.9. The second-order valence-corrected chi connectivity index (χ2v) is 8.43. The second-order valence-electron chi connectivity index (χ2n) is 4.78. The molecular formula is C12H19ClN2O2S2. The molecule has 0 bridgehead atoms. The lowest BCUT2D eigenvalue weighted by Gasteiger charge is -2.23. The van der Waals surface area contributed by atoms with Crippen molar-refractivity contribution in [1.82, 2.24) is 10.0 Å². The highest BCUT2D eigenvalue weighted by atomic mass is 35.5. The molecule has 1 aliphatic rings. The molecule has 0 aromatic carbocycles. The van der Waals surface area contributed by atoms with Gasteiger partial charge in [0.05, 0.1) is 10.1 Å². The minimum atomic E-state index is -3.19. The molecule has 0 spiro atoms. The smallest absolute Gasteiger partial charge is 0.213 e. The largest absolute Gasteiger partial charge is 0.313 e. The van der Waals surface area contributed by atoms with Crippen LogP contribution in [0.15, 0.2) is 12.1 Å². The van der Waals surface area contributed by atoms with Crippen molar-refractivity contribution >= 4 is 33.0 Å². The Morgan fingerprint density at radius 3 is 2.89 bits per heavy atom. The van der Waals surface area contributed by atoms with Crippen molar-refractivity contribution in [1.29, 1.82) is 0 Å². The van der Waals surface area contributed by atoms with E-state index in [1.54, 1.807) is 0 Å². The molecule has 0 saturated carbocycles. The summed E-state index contributed by atoms with van der Waals surface area (Å²) in [6.07, 6.45) is 3.89. The van der Waals surface area contributed by atoms with Gasteiger partial charge < -0.3 is 5.32 Å². The molecule has 0 aliphatic carbocycles. The molecule has 19 heavy (non-hydrogen) atoms. The molecule has 1 aliphatic heterocycles. The lowest BCUT2D eigenvalue weighted by atomic mass is 10.1. The third-order valence-corrected chi connectivity index (χ3v) is 5.93. The van der Waals surface area contributed by atoms with E-state index in [1.165, 1.54) is 11.3 Å². The zero-order valence-corrected chi connectivity index (χ0v) is 13.1. The van der Waals surface area contributed by atoms with Crippen LogP contribution < -0.4 is 10.0 Å². The molecule has 0 radical (unpaired) electrons. The first kappa shape index (κ1) is 15.3. The molecule has 1 fully saturated rings. The fourth-order valence-corrected chi connectivity index (χ4v) is 4.64. The fraction of sp³-hybridized carbons (Fsp3) is 0.667. The zero-order valence-electron chi connectivity index (χ0n) is 10.7. The van der Waals surface area contributed by atoms with Crippen LogP contribution in [0.3, 0.4) is 0 Å². The lowest BCUT2D eigenvalue weighted by Crippen LogP contribution is -2.42. The van der Waals surface area contributed by atoms with Crippen LogP contribution in [-0.2, 0) is 16.4 Å². The molecule has 0 amide bonds. The van der Waals surface area contributed by atoms with Crippen LogP contribution in [0.2, 0.25) is 4.34 Å². The van der Waals surface area contributed by atoms with E-state index in [2.05, 4.69) is 10.0 Å². The Labute approximate surface area is 123 Å². The normalized spacial score (nSPS) is 20.6. The van der Waals surface area contributed by atoms with Crippen LogP contribution in [0.1, 0.15) is 24.1 Å². The van der Waals surface area contributed by atoms with Gasteiger partial charge in [0.15, 0.2) is 0 Å². The minimum Gasteiger partial charge on any atom is -0.313 e. The van der Waals surface area contributed by atoms with Gasteiger partial charge in [-0.05, 0) is 37.9 Å². The quantitative estimate of drug-likeness (QED) is 0.842. The average Bonchev–Trinajstić information content (AvgIpc) is 2.75. The van der Waals surface area contributed by atoms with Gasteiger partial charge >= 0.3 is 0 Å².